The lowest BCUT2D eigenvalue weighted by atomic mass is 10.1. The number of nitrogens with zero attached hydrogens (tertiary/aromatic N) is 2. The summed E-state index contributed by atoms with van der Waals surface area (Å²) in [7, 11) is -2.14. The van der Waals surface area contributed by atoms with E-state index in [0.717, 1.165) is 17.4 Å². The Kier molecular flexibility index (Phi) is 10.4. The van der Waals surface area contributed by atoms with Gasteiger partial charge in [-0.2, -0.15) is 0 Å². The summed E-state index contributed by atoms with van der Waals surface area (Å²) in [6, 6.07) is 11.8. The predicted octanol–water partition coefficient (Wildman–Crippen LogP) is 3.76. The zero-order chi connectivity index (χ0) is 26.2. The number of likely N-dealkylation sites (N-methyl/N-ethyl adjacent to an activating group) is 1. The van der Waals surface area contributed by atoms with Crippen molar-refractivity contribution in [1.82, 2.24) is 10.2 Å². The molecule has 1 N–H and O–H groups in total. The van der Waals surface area contributed by atoms with Crippen molar-refractivity contribution in [2.24, 2.45) is 0 Å². The molecule has 0 saturated carbocycles. The molecule has 2 amide bonds. The van der Waals surface area contributed by atoms with Gasteiger partial charge in [0.15, 0.2) is 0 Å². The molecule has 0 aliphatic heterocycles. The highest BCUT2D eigenvalue weighted by Gasteiger charge is 2.26. The van der Waals surface area contributed by atoms with E-state index in [1.807, 2.05) is 38.1 Å². The molecule has 0 heterocycles. The molecule has 0 aliphatic rings. The Morgan fingerprint density at radius 3 is 2.46 bits per heavy atom. The van der Waals surface area contributed by atoms with E-state index in [-0.39, 0.29) is 42.8 Å². The summed E-state index contributed by atoms with van der Waals surface area (Å²) in [6.45, 7) is 6.31. The highest BCUT2D eigenvalue weighted by Crippen LogP contribution is 2.30. The van der Waals surface area contributed by atoms with Crippen LogP contribution in [-0.2, 0) is 26.2 Å². The number of ether oxygens (including phenoxy) is 1. The monoisotopic (exact) mass is 523 g/mol. The molecule has 0 radical (unpaired) electrons. The topological polar surface area (TPSA) is 96.0 Å². The van der Waals surface area contributed by atoms with E-state index in [4.69, 9.17) is 16.3 Å². The van der Waals surface area contributed by atoms with E-state index in [0.29, 0.717) is 18.0 Å². The number of carbonyl (C=O) groups excluding carboxylic acids is 2. The van der Waals surface area contributed by atoms with Gasteiger partial charge in [0.05, 0.1) is 24.1 Å². The third kappa shape index (κ3) is 8.14. The number of nitrogens with one attached hydrogen (secondary N) is 1. The molecule has 0 spiro atoms. The first-order chi connectivity index (χ1) is 16.5. The number of sulfonamides is 1. The molecule has 0 saturated heterocycles. The van der Waals surface area contributed by atoms with Crippen molar-refractivity contribution in [2.75, 3.05) is 30.8 Å². The van der Waals surface area contributed by atoms with Gasteiger partial charge in [0.1, 0.15) is 11.8 Å². The second kappa shape index (κ2) is 12.8. The Hall–Kier alpha value is -2.78. The predicted molar refractivity (Wildman–Crippen MR) is 139 cm³/mol. The molecule has 0 aromatic heterocycles. The van der Waals surface area contributed by atoms with Crippen LogP contribution in [0.15, 0.2) is 42.5 Å². The Balaban J connectivity index is 2.18. The van der Waals surface area contributed by atoms with Crippen molar-refractivity contribution in [3.8, 4) is 5.75 Å². The first kappa shape index (κ1) is 28.5. The molecule has 2 rings (SSSR count). The van der Waals surface area contributed by atoms with Gasteiger partial charge >= 0.3 is 0 Å². The van der Waals surface area contributed by atoms with E-state index < -0.39 is 16.1 Å². The third-order valence-corrected chi connectivity index (χ3v) is 7.02. The van der Waals surface area contributed by atoms with Gasteiger partial charge in [-0.25, -0.2) is 8.42 Å². The van der Waals surface area contributed by atoms with Gasteiger partial charge in [-0.05, 0) is 51.0 Å². The van der Waals surface area contributed by atoms with Gasteiger partial charge in [0.2, 0.25) is 21.8 Å². The van der Waals surface area contributed by atoms with Crippen molar-refractivity contribution in [1.29, 1.82) is 0 Å². The number of halogens is 1. The number of carbonyl (C=O) groups is 2. The van der Waals surface area contributed by atoms with Crippen LogP contribution < -0.4 is 14.4 Å². The lowest BCUT2D eigenvalue weighted by molar-refractivity contribution is -0.140. The molecule has 10 heteroatoms. The van der Waals surface area contributed by atoms with E-state index in [2.05, 4.69) is 5.32 Å². The van der Waals surface area contributed by atoms with Crippen LogP contribution in [0, 0.1) is 6.92 Å². The second-order valence-corrected chi connectivity index (χ2v) is 10.7. The Labute approximate surface area is 213 Å². The minimum absolute atomic E-state index is 0.0749. The van der Waals surface area contributed by atoms with E-state index in [1.54, 1.807) is 19.1 Å². The van der Waals surface area contributed by atoms with Gasteiger partial charge in [-0.3, -0.25) is 13.9 Å². The fraction of sp³-hybridized carbons (Fsp3) is 0.440. The number of rotatable bonds is 12. The Morgan fingerprint density at radius 1 is 1.17 bits per heavy atom. The molecule has 0 bridgehead atoms. The molecule has 0 fully saturated rings. The van der Waals surface area contributed by atoms with Crippen LogP contribution in [0.1, 0.15) is 37.8 Å². The summed E-state index contributed by atoms with van der Waals surface area (Å²) in [5.74, 6) is -0.0317. The number of amides is 2. The standard InChI is InChI=1S/C25H34ClN3O5S/c1-6-27-25(31)19(3)28(17-20-10-7-9-18(2)15-20)24(30)11-8-14-29(35(5,32)33)21-12-13-23(34-4)22(26)16-21/h7,9-10,12-13,15-16,19H,6,8,11,14,17H2,1-5H3,(H,27,31)/t19-/m0/s1. The molecule has 192 valence electrons. The first-order valence-electron chi connectivity index (χ1n) is 11.4. The molecule has 0 aliphatic carbocycles. The molecule has 2 aromatic rings. The normalized spacial score (nSPS) is 12.1. The van der Waals surface area contributed by atoms with Crippen LogP contribution >= 0.6 is 11.6 Å². The minimum Gasteiger partial charge on any atom is -0.495 e. The summed E-state index contributed by atoms with van der Waals surface area (Å²) < 4.78 is 31.3. The van der Waals surface area contributed by atoms with E-state index in [9.17, 15) is 18.0 Å². The average Bonchev–Trinajstić information content (AvgIpc) is 2.79. The molecule has 8 nitrogen and oxygen atoms in total. The van der Waals surface area contributed by atoms with E-state index in [1.165, 1.54) is 22.4 Å². The summed E-state index contributed by atoms with van der Waals surface area (Å²) >= 11 is 6.18. The molecule has 1 atom stereocenters. The van der Waals surface area contributed by atoms with Gasteiger partial charge in [0.25, 0.3) is 0 Å². The summed E-state index contributed by atoms with van der Waals surface area (Å²) in [6.07, 6.45) is 1.45. The largest absolute Gasteiger partial charge is 0.495 e. The number of methoxy groups -OCH3 is 1. The van der Waals surface area contributed by atoms with Crippen molar-refractivity contribution >= 4 is 39.1 Å². The SMILES string of the molecule is CCNC(=O)[C@H](C)N(Cc1cccc(C)c1)C(=O)CCCN(c1ccc(OC)c(Cl)c1)S(C)(=O)=O. The summed E-state index contributed by atoms with van der Waals surface area (Å²) in [5, 5.41) is 3.05. The van der Waals surface area contributed by atoms with Crippen LogP contribution in [0.3, 0.4) is 0 Å². The number of benzene rings is 2. The maximum atomic E-state index is 13.2. The van der Waals surface area contributed by atoms with Crippen molar-refractivity contribution in [2.45, 2.75) is 46.2 Å². The van der Waals surface area contributed by atoms with Crippen molar-refractivity contribution in [3.63, 3.8) is 0 Å². The average molecular weight is 524 g/mol. The van der Waals surface area contributed by atoms with Crippen molar-refractivity contribution < 1.29 is 22.7 Å². The Morgan fingerprint density at radius 2 is 1.89 bits per heavy atom. The number of hydrogen-bond donors (Lipinski definition) is 1. The maximum absolute atomic E-state index is 13.2. The maximum Gasteiger partial charge on any atom is 0.242 e. The quantitative estimate of drug-likeness (QED) is 0.457. The number of anilines is 1. The smallest absolute Gasteiger partial charge is 0.242 e. The summed E-state index contributed by atoms with van der Waals surface area (Å²) in [5.41, 5.74) is 2.36. The third-order valence-electron chi connectivity index (χ3n) is 5.53. The van der Waals surface area contributed by atoms with Crippen LogP contribution in [0.4, 0.5) is 5.69 Å². The number of hydrogen-bond acceptors (Lipinski definition) is 5. The molecule has 0 unspecified atom stereocenters. The molecule has 35 heavy (non-hydrogen) atoms. The second-order valence-electron chi connectivity index (χ2n) is 8.34. The first-order valence-corrected chi connectivity index (χ1v) is 13.6. The van der Waals surface area contributed by atoms with Crippen LogP contribution in [0.5, 0.6) is 5.75 Å². The zero-order valence-corrected chi connectivity index (χ0v) is 22.4. The van der Waals surface area contributed by atoms with Gasteiger partial charge in [-0.1, -0.05) is 41.4 Å². The van der Waals surface area contributed by atoms with Crippen LogP contribution in [0.2, 0.25) is 5.02 Å². The molecular formula is C25H34ClN3O5S. The fourth-order valence-electron chi connectivity index (χ4n) is 3.73. The zero-order valence-electron chi connectivity index (χ0n) is 20.9. The Bertz CT molecular complexity index is 1140. The minimum atomic E-state index is -3.62. The van der Waals surface area contributed by atoms with Gasteiger partial charge in [-0.15, -0.1) is 0 Å². The summed E-state index contributed by atoms with van der Waals surface area (Å²) in [4.78, 5) is 27.3. The number of aryl methyl sites for hydroxylation is 1. The lowest BCUT2D eigenvalue weighted by Gasteiger charge is -2.29. The molecule has 2 aromatic carbocycles. The van der Waals surface area contributed by atoms with Crippen LogP contribution in [0.25, 0.3) is 0 Å². The van der Waals surface area contributed by atoms with Gasteiger partial charge in [0, 0.05) is 26.1 Å². The lowest BCUT2D eigenvalue weighted by Crippen LogP contribution is -2.47. The highest BCUT2D eigenvalue weighted by molar-refractivity contribution is 7.92. The highest BCUT2D eigenvalue weighted by atomic mass is 35.5. The molecular weight excluding hydrogens is 490 g/mol. The fourth-order valence-corrected chi connectivity index (χ4v) is 4.94. The van der Waals surface area contributed by atoms with Gasteiger partial charge < -0.3 is 15.0 Å². The van der Waals surface area contributed by atoms with Crippen LogP contribution in [-0.4, -0.2) is 57.6 Å². The van der Waals surface area contributed by atoms with E-state index >= 15 is 0 Å². The van der Waals surface area contributed by atoms with Crippen molar-refractivity contribution in [3.05, 3.63) is 58.6 Å².